The molecule has 0 aliphatic rings. The van der Waals surface area contributed by atoms with Gasteiger partial charge in [-0.15, -0.1) is 0 Å². The number of ether oxygens (including phenoxy) is 1. The van der Waals surface area contributed by atoms with Gasteiger partial charge in [-0.2, -0.15) is 0 Å². The molecule has 1 heterocycles. The van der Waals surface area contributed by atoms with Gasteiger partial charge in [0.15, 0.2) is 0 Å². The van der Waals surface area contributed by atoms with Crippen molar-refractivity contribution >= 4 is 24.9 Å². The van der Waals surface area contributed by atoms with Gasteiger partial charge in [0.2, 0.25) is 5.91 Å². The van der Waals surface area contributed by atoms with Crippen molar-refractivity contribution in [3.8, 4) is 0 Å². The van der Waals surface area contributed by atoms with Crippen LogP contribution in [0.25, 0.3) is 10.9 Å². The number of nitrogens with zero attached hydrogens (tertiary/aromatic N) is 1. The molecule has 1 N–H and O–H groups in total. The first-order valence-corrected chi connectivity index (χ1v) is 11.5. The minimum absolute atomic E-state index is 0.0301. The quantitative estimate of drug-likeness (QED) is 0.629. The molecule has 0 radical (unpaired) electrons. The molecule has 0 unspecified atom stereocenters. The molecule has 4 nitrogen and oxygen atoms in total. The van der Waals surface area contributed by atoms with E-state index < -0.39 is 8.07 Å². The van der Waals surface area contributed by atoms with Crippen LogP contribution in [0.3, 0.4) is 0 Å². The van der Waals surface area contributed by atoms with Crippen molar-refractivity contribution in [2.75, 3.05) is 13.7 Å². The number of aromatic nitrogens is 1. The number of rotatable bonds is 7. The smallest absolute Gasteiger partial charge is 0.224 e. The molecule has 0 saturated heterocycles. The molecular formula is C17H26N2O2Si. The van der Waals surface area contributed by atoms with E-state index in [1.165, 1.54) is 0 Å². The maximum absolute atomic E-state index is 11.7. The van der Waals surface area contributed by atoms with E-state index in [0.717, 1.165) is 29.1 Å². The number of carbonyl (C=O) groups is 1. The number of benzene rings is 1. The van der Waals surface area contributed by atoms with Crippen LogP contribution in [0.4, 0.5) is 0 Å². The first-order valence-electron chi connectivity index (χ1n) is 7.76. The van der Waals surface area contributed by atoms with E-state index in [2.05, 4.69) is 41.7 Å². The Labute approximate surface area is 133 Å². The molecule has 2 aromatic rings. The van der Waals surface area contributed by atoms with Crippen molar-refractivity contribution < 1.29 is 9.53 Å². The number of amides is 1. The summed E-state index contributed by atoms with van der Waals surface area (Å²) in [6, 6.07) is 9.32. The van der Waals surface area contributed by atoms with Gasteiger partial charge in [-0.25, -0.2) is 0 Å². The highest BCUT2D eigenvalue weighted by Gasteiger charge is 2.13. The van der Waals surface area contributed by atoms with Gasteiger partial charge < -0.3 is 14.6 Å². The fourth-order valence-corrected chi connectivity index (χ4v) is 3.13. The van der Waals surface area contributed by atoms with Gasteiger partial charge in [-0.3, -0.25) is 4.79 Å². The lowest BCUT2D eigenvalue weighted by Crippen LogP contribution is -2.22. The molecule has 5 heteroatoms. The minimum Gasteiger partial charge on any atom is -0.361 e. The summed E-state index contributed by atoms with van der Waals surface area (Å²) in [5, 5.41) is 3.81. The maximum Gasteiger partial charge on any atom is 0.224 e. The highest BCUT2D eigenvalue weighted by Crippen LogP contribution is 2.22. The van der Waals surface area contributed by atoms with E-state index in [9.17, 15) is 4.79 Å². The molecule has 0 fully saturated rings. The predicted molar refractivity (Wildman–Crippen MR) is 93.8 cm³/mol. The average molecular weight is 318 g/mol. The Kier molecular flexibility index (Phi) is 5.42. The van der Waals surface area contributed by atoms with Crippen LogP contribution in [0.1, 0.15) is 5.56 Å². The van der Waals surface area contributed by atoms with Crippen LogP contribution in [-0.4, -0.2) is 32.2 Å². The van der Waals surface area contributed by atoms with E-state index >= 15 is 0 Å². The topological polar surface area (TPSA) is 43.3 Å². The zero-order chi connectivity index (χ0) is 16.2. The number of para-hydroxylation sites is 1. The second-order valence-electron chi connectivity index (χ2n) is 6.84. The van der Waals surface area contributed by atoms with Crippen molar-refractivity contribution in [3.63, 3.8) is 0 Å². The summed E-state index contributed by atoms with van der Waals surface area (Å²) in [5.74, 6) is 0.0301. The molecule has 1 aromatic carbocycles. The normalized spacial score (nSPS) is 11.8. The Morgan fingerprint density at radius 1 is 1.27 bits per heavy atom. The van der Waals surface area contributed by atoms with E-state index in [0.29, 0.717) is 13.2 Å². The van der Waals surface area contributed by atoms with Crippen molar-refractivity contribution in [3.05, 3.63) is 36.0 Å². The van der Waals surface area contributed by atoms with Crippen molar-refractivity contribution in [2.24, 2.45) is 0 Å². The lowest BCUT2D eigenvalue weighted by Gasteiger charge is -2.15. The van der Waals surface area contributed by atoms with Gasteiger partial charge in [0.05, 0.1) is 11.9 Å². The van der Waals surface area contributed by atoms with Crippen molar-refractivity contribution in [1.82, 2.24) is 9.88 Å². The monoisotopic (exact) mass is 318 g/mol. The lowest BCUT2D eigenvalue weighted by atomic mass is 10.1. The molecule has 22 heavy (non-hydrogen) atoms. The van der Waals surface area contributed by atoms with Crippen molar-refractivity contribution in [1.29, 1.82) is 0 Å². The summed E-state index contributed by atoms with van der Waals surface area (Å²) < 4.78 is 7.94. The number of carbonyl (C=O) groups excluding carboxylic acids is 1. The fraction of sp³-hybridized carbons (Fsp3) is 0.471. The summed E-state index contributed by atoms with van der Waals surface area (Å²) in [4.78, 5) is 11.7. The molecule has 0 aliphatic carbocycles. The Bertz CT molecular complexity index is 644. The molecule has 0 bridgehead atoms. The zero-order valence-electron chi connectivity index (χ0n) is 14.0. The molecule has 0 atom stereocenters. The average Bonchev–Trinajstić information content (AvgIpc) is 2.81. The third kappa shape index (κ3) is 4.45. The van der Waals surface area contributed by atoms with E-state index in [1.54, 1.807) is 7.05 Å². The minimum atomic E-state index is -1.06. The van der Waals surface area contributed by atoms with Gasteiger partial charge in [0.1, 0.15) is 6.73 Å². The highest BCUT2D eigenvalue weighted by atomic mass is 28.3. The van der Waals surface area contributed by atoms with E-state index in [4.69, 9.17) is 4.74 Å². The standard InChI is InChI=1S/C17H26N2O2Si/c1-18-17(20)11-14-12-19(13-21-9-10-22(2,3)4)16-8-6-5-7-15(14)16/h5-8,12H,9-11,13H2,1-4H3,(H,18,20). The first-order chi connectivity index (χ1) is 10.4. The Morgan fingerprint density at radius 2 is 2.00 bits per heavy atom. The van der Waals surface area contributed by atoms with Gasteiger partial charge in [-0.1, -0.05) is 37.8 Å². The lowest BCUT2D eigenvalue weighted by molar-refractivity contribution is -0.119. The van der Waals surface area contributed by atoms with Crippen LogP contribution in [0.15, 0.2) is 30.5 Å². The zero-order valence-corrected chi connectivity index (χ0v) is 15.0. The van der Waals surface area contributed by atoms with E-state index in [-0.39, 0.29) is 5.91 Å². The molecule has 0 aliphatic heterocycles. The summed E-state index contributed by atoms with van der Waals surface area (Å²) in [5.41, 5.74) is 2.16. The summed E-state index contributed by atoms with van der Waals surface area (Å²) >= 11 is 0. The molecule has 0 spiro atoms. The van der Waals surface area contributed by atoms with Crippen LogP contribution < -0.4 is 5.32 Å². The molecular weight excluding hydrogens is 292 g/mol. The highest BCUT2D eigenvalue weighted by molar-refractivity contribution is 6.76. The Balaban J connectivity index is 2.11. The van der Waals surface area contributed by atoms with Crippen molar-refractivity contribution in [2.45, 2.75) is 38.8 Å². The molecule has 0 saturated carbocycles. The summed E-state index contributed by atoms with van der Waals surface area (Å²) in [6.45, 7) is 8.39. The van der Waals surface area contributed by atoms with Crippen LogP contribution >= 0.6 is 0 Å². The van der Waals surface area contributed by atoms with Crippen LogP contribution in [0, 0.1) is 0 Å². The van der Waals surface area contributed by atoms with E-state index in [1.807, 2.05) is 18.3 Å². The number of nitrogens with one attached hydrogen (secondary N) is 1. The SMILES string of the molecule is CNC(=O)Cc1cn(COCC[Si](C)(C)C)c2ccccc12. The summed E-state index contributed by atoms with van der Waals surface area (Å²) in [6.07, 6.45) is 2.44. The largest absolute Gasteiger partial charge is 0.361 e. The fourth-order valence-electron chi connectivity index (χ4n) is 2.37. The van der Waals surface area contributed by atoms with Gasteiger partial charge in [0, 0.05) is 33.3 Å². The summed E-state index contributed by atoms with van der Waals surface area (Å²) in [7, 11) is 0.610. The second-order valence-corrected chi connectivity index (χ2v) is 12.5. The first kappa shape index (κ1) is 16.8. The molecule has 120 valence electrons. The molecule has 1 aromatic heterocycles. The third-order valence-corrected chi connectivity index (χ3v) is 5.43. The third-order valence-electron chi connectivity index (χ3n) is 3.73. The number of likely N-dealkylation sites (N-methyl/N-ethyl adjacent to an activating group) is 1. The molecule has 1 amide bonds. The van der Waals surface area contributed by atoms with Crippen LogP contribution in [0.2, 0.25) is 25.7 Å². The van der Waals surface area contributed by atoms with Gasteiger partial charge >= 0.3 is 0 Å². The number of hydrogen-bond acceptors (Lipinski definition) is 2. The van der Waals surface area contributed by atoms with Crippen LogP contribution in [0.5, 0.6) is 0 Å². The van der Waals surface area contributed by atoms with Crippen LogP contribution in [-0.2, 0) is 22.7 Å². The second kappa shape index (κ2) is 7.11. The van der Waals surface area contributed by atoms with Gasteiger partial charge in [-0.05, 0) is 17.7 Å². The maximum atomic E-state index is 11.7. The Hall–Kier alpha value is -1.59. The molecule has 2 rings (SSSR count). The Morgan fingerprint density at radius 3 is 2.68 bits per heavy atom. The number of hydrogen-bond donors (Lipinski definition) is 1. The number of fused-ring (bicyclic) bond motifs is 1. The predicted octanol–water partition coefficient (Wildman–Crippen LogP) is 3.24. The van der Waals surface area contributed by atoms with Gasteiger partial charge in [0.25, 0.3) is 0 Å².